The van der Waals surface area contributed by atoms with Crippen molar-refractivity contribution in [2.45, 2.75) is 31.0 Å². The number of alkyl halides is 6. The van der Waals surface area contributed by atoms with E-state index in [9.17, 15) is 31.4 Å². The van der Waals surface area contributed by atoms with Gasteiger partial charge in [-0.15, -0.1) is 0 Å². The lowest BCUT2D eigenvalue weighted by atomic mass is 9.90. The number of hydrogen-bond acceptors (Lipinski definition) is 4. The van der Waals surface area contributed by atoms with E-state index in [2.05, 4.69) is 20.9 Å². The number of piperazine rings is 1. The molecule has 0 unspecified atom stereocenters. The minimum Gasteiger partial charge on any atom is -0.369 e. The molecule has 2 aromatic carbocycles. The Morgan fingerprint density at radius 1 is 0.667 bits per heavy atom. The van der Waals surface area contributed by atoms with Crippen molar-refractivity contribution >= 4 is 0 Å². The second kappa shape index (κ2) is 10.2. The van der Waals surface area contributed by atoms with Gasteiger partial charge in [-0.1, -0.05) is 54.6 Å². The highest BCUT2D eigenvalue weighted by molar-refractivity contribution is 5.64. The molecule has 0 saturated carbocycles. The molecule has 1 aliphatic rings. The van der Waals surface area contributed by atoms with Crippen LogP contribution in [0.2, 0.25) is 0 Å². The lowest BCUT2D eigenvalue weighted by molar-refractivity contribution is -0.376. The molecule has 4 nitrogen and oxygen atoms in total. The second-order valence-corrected chi connectivity index (χ2v) is 8.89. The Kier molecular flexibility index (Phi) is 7.40. The van der Waals surface area contributed by atoms with Crippen LogP contribution >= 0.6 is 0 Å². The normalized spacial score (nSPS) is 16.3. The van der Waals surface area contributed by atoms with Crippen molar-refractivity contribution in [2.24, 2.45) is 0 Å². The van der Waals surface area contributed by atoms with Crippen LogP contribution in [0.25, 0.3) is 11.1 Å². The zero-order valence-corrected chi connectivity index (χ0v) is 19.2. The third-order valence-electron chi connectivity index (χ3n) is 6.41. The van der Waals surface area contributed by atoms with Gasteiger partial charge in [0, 0.05) is 57.2 Å². The molecular formula is C26H25F6N3O. The smallest absolute Gasteiger partial charge is 0.369 e. The fourth-order valence-electron chi connectivity index (χ4n) is 4.31. The molecule has 0 spiro atoms. The number of aromatic nitrogens is 1. The van der Waals surface area contributed by atoms with E-state index in [1.165, 1.54) is 5.56 Å². The molecule has 3 aromatic rings. The van der Waals surface area contributed by atoms with E-state index in [4.69, 9.17) is 0 Å². The lowest BCUT2D eigenvalue weighted by Gasteiger charge is -2.34. The number of halogens is 6. The van der Waals surface area contributed by atoms with Gasteiger partial charge < -0.3 is 5.11 Å². The summed E-state index contributed by atoms with van der Waals surface area (Å²) in [6.07, 6.45) is -8.19. The molecule has 0 bridgehead atoms. The molecule has 0 radical (unpaired) electrons. The van der Waals surface area contributed by atoms with Gasteiger partial charge in [0.25, 0.3) is 5.60 Å². The van der Waals surface area contributed by atoms with Gasteiger partial charge in [-0.3, -0.25) is 14.8 Å². The highest BCUT2D eigenvalue weighted by atomic mass is 19.4. The average Bonchev–Trinajstić information content (AvgIpc) is 2.85. The second-order valence-electron chi connectivity index (χ2n) is 8.89. The van der Waals surface area contributed by atoms with Crippen LogP contribution in [0.5, 0.6) is 0 Å². The van der Waals surface area contributed by atoms with Crippen molar-refractivity contribution in [3.8, 4) is 11.1 Å². The van der Waals surface area contributed by atoms with Crippen molar-refractivity contribution in [1.82, 2.24) is 14.8 Å². The Bertz CT molecular complexity index is 1110. The fourth-order valence-corrected chi connectivity index (χ4v) is 4.31. The molecule has 1 N–H and O–H groups in total. The van der Waals surface area contributed by atoms with Gasteiger partial charge in [-0.2, -0.15) is 26.3 Å². The van der Waals surface area contributed by atoms with E-state index in [1.807, 2.05) is 24.4 Å². The van der Waals surface area contributed by atoms with Crippen LogP contribution in [0.4, 0.5) is 26.3 Å². The first-order valence-corrected chi connectivity index (χ1v) is 11.4. The molecule has 1 saturated heterocycles. The fraction of sp³-hybridized carbons (Fsp3) is 0.346. The van der Waals surface area contributed by atoms with Crippen LogP contribution in [0, 0.1) is 0 Å². The monoisotopic (exact) mass is 509 g/mol. The quantitative estimate of drug-likeness (QED) is 0.453. The molecule has 0 amide bonds. The summed E-state index contributed by atoms with van der Waals surface area (Å²) in [6, 6.07) is 15.0. The van der Waals surface area contributed by atoms with Crippen molar-refractivity contribution in [3.05, 3.63) is 89.7 Å². The van der Waals surface area contributed by atoms with Crippen LogP contribution in [-0.2, 0) is 18.7 Å². The maximum absolute atomic E-state index is 13.1. The van der Waals surface area contributed by atoms with Crippen LogP contribution in [-0.4, -0.2) is 58.4 Å². The molecule has 2 heterocycles. The summed E-state index contributed by atoms with van der Waals surface area (Å²) in [4.78, 5) is 8.85. The standard InChI is InChI=1S/C26H25F6N3O/c27-25(28,29)24(36,26(30,31)32)23-9-7-22(8-10-23)21-5-3-19(4-6-21)17-34-12-14-35(15-13-34)18-20-2-1-11-33-16-20/h1-11,16,36H,12-15,17-18H2. The van der Waals surface area contributed by atoms with E-state index < -0.39 is 23.5 Å². The van der Waals surface area contributed by atoms with Gasteiger partial charge in [0.1, 0.15) is 0 Å². The SMILES string of the molecule is OC(c1ccc(-c2ccc(CN3CCN(Cc4cccnc4)CC3)cc2)cc1)(C(F)(F)F)C(F)(F)F. The summed E-state index contributed by atoms with van der Waals surface area (Å²) < 4.78 is 78.5. The lowest BCUT2D eigenvalue weighted by Crippen LogP contribution is -2.53. The molecule has 1 aliphatic heterocycles. The van der Waals surface area contributed by atoms with Crippen molar-refractivity contribution in [3.63, 3.8) is 0 Å². The number of nitrogens with zero attached hydrogens (tertiary/aromatic N) is 3. The third kappa shape index (κ3) is 5.55. The molecule has 36 heavy (non-hydrogen) atoms. The number of pyridine rings is 1. The topological polar surface area (TPSA) is 39.6 Å². The van der Waals surface area contributed by atoms with E-state index in [-0.39, 0.29) is 0 Å². The van der Waals surface area contributed by atoms with Crippen LogP contribution in [0.1, 0.15) is 16.7 Å². The van der Waals surface area contributed by atoms with Gasteiger partial charge in [0.05, 0.1) is 0 Å². The van der Waals surface area contributed by atoms with Crippen LogP contribution in [0.15, 0.2) is 73.1 Å². The highest BCUT2D eigenvalue weighted by Crippen LogP contribution is 2.50. The number of hydrogen-bond donors (Lipinski definition) is 1. The van der Waals surface area contributed by atoms with Gasteiger partial charge in [-0.25, -0.2) is 0 Å². The van der Waals surface area contributed by atoms with E-state index >= 15 is 0 Å². The first kappa shape index (κ1) is 26.1. The Labute approximate surface area is 204 Å². The maximum atomic E-state index is 13.1. The van der Waals surface area contributed by atoms with Crippen molar-refractivity contribution in [1.29, 1.82) is 0 Å². The number of rotatable bonds is 6. The minimum atomic E-state index is -5.90. The molecule has 1 aromatic heterocycles. The van der Waals surface area contributed by atoms with Gasteiger partial charge in [0.15, 0.2) is 0 Å². The van der Waals surface area contributed by atoms with E-state index in [1.54, 1.807) is 18.3 Å². The average molecular weight is 509 g/mol. The van der Waals surface area contributed by atoms with Crippen molar-refractivity contribution in [2.75, 3.05) is 26.2 Å². The first-order chi connectivity index (χ1) is 17.0. The van der Waals surface area contributed by atoms with Gasteiger partial charge in [-0.05, 0) is 28.3 Å². The zero-order chi connectivity index (χ0) is 26.0. The van der Waals surface area contributed by atoms with Crippen LogP contribution in [0.3, 0.4) is 0 Å². The predicted octanol–water partition coefficient (Wildman–Crippen LogP) is 5.38. The maximum Gasteiger partial charge on any atom is 0.430 e. The summed E-state index contributed by atoms with van der Waals surface area (Å²) in [6.45, 7) is 5.28. The molecule has 0 atom stereocenters. The Morgan fingerprint density at radius 2 is 1.14 bits per heavy atom. The molecular weight excluding hydrogens is 484 g/mol. The van der Waals surface area contributed by atoms with Gasteiger partial charge >= 0.3 is 12.4 Å². The van der Waals surface area contributed by atoms with Crippen molar-refractivity contribution < 1.29 is 31.4 Å². The molecule has 4 rings (SSSR count). The largest absolute Gasteiger partial charge is 0.430 e. The molecule has 0 aliphatic carbocycles. The minimum absolute atomic E-state index is 0.445. The summed E-state index contributed by atoms with van der Waals surface area (Å²) in [5.74, 6) is 0. The van der Waals surface area contributed by atoms with E-state index in [0.29, 0.717) is 23.3 Å². The highest BCUT2D eigenvalue weighted by Gasteiger charge is 2.71. The Balaban J connectivity index is 1.36. The zero-order valence-electron chi connectivity index (χ0n) is 19.2. The Hall–Kier alpha value is -2.95. The third-order valence-corrected chi connectivity index (χ3v) is 6.41. The van der Waals surface area contributed by atoms with Gasteiger partial charge in [0.2, 0.25) is 0 Å². The Morgan fingerprint density at radius 3 is 1.58 bits per heavy atom. The summed E-state index contributed by atoms with van der Waals surface area (Å²) in [7, 11) is 0. The first-order valence-electron chi connectivity index (χ1n) is 11.4. The number of benzene rings is 2. The van der Waals surface area contributed by atoms with E-state index in [0.717, 1.165) is 57.0 Å². The summed E-state index contributed by atoms with van der Waals surface area (Å²) in [5, 5.41) is 9.54. The summed E-state index contributed by atoms with van der Waals surface area (Å²) in [5.41, 5.74) is -2.87. The van der Waals surface area contributed by atoms with Crippen LogP contribution < -0.4 is 0 Å². The molecule has 1 fully saturated rings. The molecule has 192 valence electrons. The number of aliphatic hydroxyl groups is 1. The molecule has 10 heteroatoms. The summed E-state index contributed by atoms with van der Waals surface area (Å²) >= 11 is 0. The predicted molar refractivity (Wildman–Crippen MR) is 123 cm³/mol.